The van der Waals surface area contributed by atoms with Crippen LogP contribution >= 0.6 is 34.8 Å². The van der Waals surface area contributed by atoms with E-state index < -0.39 is 83.7 Å². The van der Waals surface area contributed by atoms with E-state index in [1.807, 2.05) is 0 Å². The quantitative estimate of drug-likeness (QED) is 0.202. The first-order valence-electron chi connectivity index (χ1n) is 10.7. The minimum absolute atomic E-state index is 0.552. The third-order valence-electron chi connectivity index (χ3n) is 5.78. The molecule has 0 N–H and O–H groups in total. The largest absolute Gasteiger partial charge is 0.417 e. The molecule has 39 heavy (non-hydrogen) atoms. The van der Waals surface area contributed by atoms with Gasteiger partial charge in [-0.3, -0.25) is 0 Å². The average molecular weight is 614 g/mol. The Bertz CT molecular complexity index is 1350. The van der Waals surface area contributed by atoms with E-state index in [0.717, 1.165) is 54.6 Å². The second-order valence-corrected chi connectivity index (χ2v) is 9.40. The number of benzene rings is 4. The van der Waals surface area contributed by atoms with E-state index in [4.69, 9.17) is 34.8 Å². The van der Waals surface area contributed by atoms with Gasteiger partial charge in [0.15, 0.2) is 0 Å². The van der Waals surface area contributed by atoms with Gasteiger partial charge in [-0.1, -0.05) is 89.4 Å². The summed E-state index contributed by atoms with van der Waals surface area (Å²) < 4.78 is 134. The van der Waals surface area contributed by atoms with E-state index in [-0.39, 0.29) is 0 Å². The monoisotopic (exact) mass is 612 g/mol. The zero-order valence-corrected chi connectivity index (χ0v) is 21.2. The number of hydrogen-bond acceptors (Lipinski definition) is 0. The third kappa shape index (κ3) is 5.44. The molecule has 0 aliphatic heterocycles. The van der Waals surface area contributed by atoms with Gasteiger partial charge in [-0.15, -0.1) is 0 Å². The van der Waals surface area contributed by atoms with E-state index in [2.05, 4.69) is 0 Å². The lowest BCUT2D eigenvalue weighted by atomic mass is 9.78. The van der Waals surface area contributed by atoms with Crippen LogP contribution < -0.4 is 0 Å². The van der Waals surface area contributed by atoms with Gasteiger partial charge in [0, 0.05) is 48.4 Å². The fourth-order valence-corrected chi connectivity index (χ4v) is 5.09. The molecular formula is C27H12Cl3F9. The fraction of sp³-hybridized carbons (Fsp3) is 0.111. The zero-order chi connectivity index (χ0) is 28.9. The molecule has 0 aliphatic carbocycles. The van der Waals surface area contributed by atoms with Gasteiger partial charge in [0.05, 0.1) is 16.7 Å². The molecule has 0 unspecified atom stereocenters. The first-order valence-corrected chi connectivity index (χ1v) is 11.9. The van der Waals surface area contributed by atoms with Crippen LogP contribution in [0, 0.1) is 0 Å². The second-order valence-electron chi connectivity index (χ2n) is 8.18. The van der Waals surface area contributed by atoms with E-state index in [1.165, 1.54) is 18.2 Å². The Balaban J connectivity index is 2.52. The Morgan fingerprint density at radius 1 is 0.359 bits per heavy atom. The molecule has 204 valence electrons. The predicted octanol–water partition coefficient (Wildman–Crippen LogP) is 11.7. The summed E-state index contributed by atoms with van der Waals surface area (Å²) in [4.78, 5) is 0. The number of hydrogen-bond donors (Lipinski definition) is 0. The van der Waals surface area contributed by atoms with Crippen LogP contribution in [0.4, 0.5) is 39.5 Å². The molecule has 0 amide bonds. The van der Waals surface area contributed by atoms with Crippen molar-refractivity contribution in [3.63, 3.8) is 0 Å². The first-order chi connectivity index (χ1) is 18.0. The Hall–Kier alpha value is -2.88. The van der Waals surface area contributed by atoms with Crippen molar-refractivity contribution < 1.29 is 39.5 Å². The highest BCUT2D eigenvalue weighted by molar-refractivity contribution is 6.35. The highest BCUT2D eigenvalue weighted by Crippen LogP contribution is 2.59. The average Bonchev–Trinajstić information content (AvgIpc) is 2.81. The van der Waals surface area contributed by atoms with Crippen LogP contribution in [0.5, 0.6) is 0 Å². The minimum Gasteiger partial charge on any atom is -0.166 e. The standard InChI is InChI=1S/C27H12Cl3F9/c28-16-10-4-1-7-13(16)19-22(25(31,32)33)20(14-8-2-5-11-17(14)29)24(27(37,38)39)21(23(19)26(34,35)36)15-9-3-6-12-18(15)30/h1-12H. The maximum absolute atomic E-state index is 14.8. The Kier molecular flexibility index (Phi) is 7.66. The molecule has 0 saturated carbocycles. The summed E-state index contributed by atoms with van der Waals surface area (Å²) in [6.07, 6.45) is -17.2. The maximum Gasteiger partial charge on any atom is 0.417 e. The van der Waals surface area contributed by atoms with Crippen molar-refractivity contribution in [1.29, 1.82) is 0 Å². The summed E-state index contributed by atoms with van der Waals surface area (Å²) in [5.41, 5.74) is -13.7. The van der Waals surface area contributed by atoms with E-state index in [9.17, 15) is 39.5 Å². The molecule has 0 aliphatic rings. The van der Waals surface area contributed by atoms with Gasteiger partial charge in [-0.2, -0.15) is 39.5 Å². The van der Waals surface area contributed by atoms with Crippen molar-refractivity contribution in [3.8, 4) is 33.4 Å². The van der Waals surface area contributed by atoms with Gasteiger partial charge in [0.1, 0.15) is 0 Å². The lowest BCUT2D eigenvalue weighted by Gasteiger charge is -2.30. The highest BCUT2D eigenvalue weighted by atomic mass is 35.5. The molecule has 12 heteroatoms. The van der Waals surface area contributed by atoms with Crippen LogP contribution in [0.1, 0.15) is 16.7 Å². The molecule has 0 heterocycles. The molecule has 4 aromatic rings. The molecular weight excluding hydrogens is 602 g/mol. The lowest BCUT2D eigenvalue weighted by Crippen LogP contribution is -2.23. The van der Waals surface area contributed by atoms with Crippen LogP contribution in [0.3, 0.4) is 0 Å². The van der Waals surface area contributed by atoms with E-state index in [1.54, 1.807) is 0 Å². The SMILES string of the molecule is FC(F)(F)c1c(-c2ccccc2Cl)c(C(F)(F)F)c(-c2ccccc2Cl)c(C(F)(F)F)c1-c1ccccc1Cl. The summed E-state index contributed by atoms with van der Waals surface area (Å²) in [7, 11) is 0. The van der Waals surface area contributed by atoms with Crippen molar-refractivity contribution >= 4 is 34.8 Å². The number of rotatable bonds is 3. The van der Waals surface area contributed by atoms with Gasteiger partial charge in [-0.25, -0.2) is 0 Å². The minimum atomic E-state index is -5.73. The van der Waals surface area contributed by atoms with Crippen molar-refractivity contribution in [1.82, 2.24) is 0 Å². The molecule has 0 aromatic heterocycles. The summed E-state index contributed by atoms with van der Waals surface area (Å²) in [5.74, 6) is 0. The Morgan fingerprint density at radius 2 is 0.564 bits per heavy atom. The molecule has 4 rings (SSSR count). The molecule has 0 saturated heterocycles. The van der Waals surface area contributed by atoms with Gasteiger partial charge in [-0.05, 0) is 18.2 Å². The molecule has 0 nitrogen and oxygen atoms in total. The van der Waals surface area contributed by atoms with Crippen molar-refractivity contribution in [3.05, 3.63) is 105 Å². The van der Waals surface area contributed by atoms with Crippen LogP contribution in [0.15, 0.2) is 72.8 Å². The lowest BCUT2D eigenvalue weighted by molar-refractivity contribution is -0.146. The van der Waals surface area contributed by atoms with Crippen LogP contribution in [0.2, 0.25) is 15.1 Å². The van der Waals surface area contributed by atoms with Crippen molar-refractivity contribution in [2.45, 2.75) is 18.5 Å². The number of alkyl halides is 9. The van der Waals surface area contributed by atoms with Crippen LogP contribution in [0.25, 0.3) is 33.4 Å². The number of halogens is 12. The van der Waals surface area contributed by atoms with Gasteiger partial charge < -0.3 is 0 Å². The third-order valence-corrected chi connectivity index (χ3v) is 6.77. The fourth-order valence-electron chi connectivity index (χ4n) is 4.40. The maximum atomic E-state index is 14.8. The normalized spacial score (nSPS) is 12.6. The molecule has 0 bridgehead atoms. The van der Waals surface area contributed by atoms with Gasteiger partial charge in [0.2, 0.25) is 0 Å². The van der Waals surface area contributed by atoms with Crippen molar-refractivity contribution in [2.24, 2.45) is 0 Å². The van der Waals surface area contributed by atoms with E-state index >= 15 is 0 Å². The zero-order valence-electron chi connectivity index (χ0n) is 19.0. The van der Waals surface area contributed by atoms with E-state index in [0.29, 0.717) is 0 Å². The van der Waals surface area contributed by atoms with Crippen LogP contribution in [-0.2, 0) is 18.5 Å². The smallest absolute Gasteiger partial charge is 0.166 e. The second kappa shape index (κ2) is 10.3. The summed E-state index contributed by atoms with van der Waals surface area (Å²) in [6, 6.07) is 12.8. The topological polar surface area (TPSA) is 0 Å². The highest BCUT2D eigenvalue weighted by Gasteiger charge is 2.52. The molecule has 0 radical (unpaired) electrons. The van der Waals surface area contributed by atoms with Gasteiger partial charge >= 0.3 is 18.5 Å². The Morgan fingerprint density at radius 3 is 0.744 bits per heavy atom. The summed E-state index contributed by atoms with van der Waals surface area (Å²) in [5, 5.41) is -1.66. The first kappa shape index (κ1) is 29.1. The van der Waals surface area contributed by atoms with Crippen LogP contribution in [-0.4, -0.2) is 0 Å². The Labute approximate surface area is 230 Å². The molecule has 0 spiro atoms. The summed E-state index contributed by atoms with van der Waals surface area (Å²) in [6.45, 7) is 0. The van der Waals surface area contributed by atoms with Gasteiger partial charge in [0.25, 0.3) is 0 Å². The summed E-state index contributed by atoms with van der Waals surface area (Å²) >= 11 is 18.2. The predicted molar refractivity (Wildman–Crippen MR) is 133 cm³/mol. The molecule has 0 atom stereocenters. The van der Waals surface area contributed by atoms with Crippen molar-refractivity contribution in [2.75, 3.05) is 0 Å². The molecule has 4 aromatic carbocycles. The molecule has 0 fully saturated rings.